The van der Waals surface area contributed by atoms with E-state index in [1.807, 2.05) is 6.07 Å². The van der Waals surface area contributed by atoms with E-state index in [1.165, 1.54) is 19.8 Å². The fourth-order valence-electron chi connectivity index (χ4n) is 3.37. The Morgan fingerprint density at radius 1 is 1.45 bits per heavy atom. The van der Waals surface area contributed by atoms with Gasteiger partial charge in [0.15, 0.2) is 5.58 Å². The van der Waals surface area contributed by atoms with Crippen LogP contribution in [0.25, 0.3) is 11.1 Å². The first-order valence-corrected chi connectivity index (χ1v) is 7.85. The van der Waals surface area contributed by atoms with Crippen LogP contribution in [-0.2, 0) is 4.79 Å². The molecule has 0 radical (unpaired) electrons. The van der Waals surface area contributed by atoms with Crippen molar-refractivity contribution in [3.05, 3.63) is 18.5 Å². The van der Waals surface area contributed by atoms with Crippen LogP contribution in [0.3, 0.4) is 0 Å². The Morgan fingerprint density at radius 2 is 2.27 bits per heavy atom. The lowest BCUT2D eigenvalue weighted by atomic mass is 9.75. The second kappa shape index (κ2) is 5.63. The van der Waals surface area contributed by atoms with Gasteiger partial charge in [-0.05, 0) is 24.7 Å². The number of fused-ring (bicyclic) bond motifs is 1. The predicted octanol–water partition coefficient (Wildman–Crippen LogP) is 4.17. The van der Waals surface area contributed by atoms with Gasteiger partial charge in [0.05, 0.1) is 18.1 Å². The van der Waals surface area contributed by atoms with Crippen LogP contribution < -0.4 is 10.6 Å². The fourth-order valence-corrected chi connectivity index (χ4v) is 3.37. The van der Waals surface area contributed by atoms with Crippen LogP contribution >= 0.6 is 0 Å². The first-order chi connectivity index (χ1) is 10.4. The van der Waals surface area contributed by atoms with Crippen molar-refractivity contribution in [2.24, 2.45) is 5.41 Å². The third-order valence-corrected chi connectivity index (χ3v) is 4.34. The van der Waals surface area contributed by atoms with Gasteiger partial charge in [-0.25, -0.2) is 0 Å². The summed E-state index contributed by atoms with van der Waals surface area (Å²) in [6.07, 6.45) is 8.04. The SMILES string of the molecule is CC(=O)Nc1cnc2ccoc2c1NC1CCCC(C)(C)C1. The van der Waals surface area contributed by atoms with E-state index in [1.54, 1.807) is 12.5 Å². The Bertz CT molecular complexity index is 690. The van der Waals surface area contributed by atoms with Crippen LogP contribution in [-0.4, -0.2) is 16.9 Å². The highest BCUT2D eigenvalue weighted by molar-refractivity contribution is 6.00. The molecule has 2 aromatic heterocycles. The smallest absolute Gasteiger partial charge is 0.221 e. The molecule has 1 saturated carbocycles. The van der Waals surface area contributed by atoms with E-state index in [4.69, 9.17) is 4.42 Å². The highest BCUT2D eigenvalue weighted by atomic mass is 16.3. The summed E-state index contributed by atoms with van der Waals surface area (Å²) in [4.78, 5) is 15.8. The van der Waals surface area contributed by atoms with Crippen molar-refractivity contribution in [1.29, 1.82) is 0 Å². The van der Waals surface area contributed by atoms with Gasteiger partial charge in [-0.2, -0.15) is 0 Å². The molecule has 2 N–H and O–H groups in total. The molecule has 2 heterocycles. The molecule has 0 spiro atoms. The van der Waals surface area contributed by atoms with Gasteiger partial charge in [-0.1, -0.05) is 20.3 Å². The standard InChI is InChI=1S/C17H23N3O2/c1-11(21)19-14-10-18-13-6-8-22-16(13)15(14)20-12-5-4-7-17(2,3)9-12/h6,8,10,12H,4-5,7,9H2,1-3H3,(H,18,20)(H,19,21). The van der Waals surface area contributed by atoms with Crippen LogP contribution in [0.1, 0.15) is 46.5 Å². The van der Waals surface area contributed by atoms with Crippen molar-refractivity contribution in [3.63, 3.8) is 0 Å². The van der Waals surface area contributed by atoms with E-state index < -0.39 is 0 Å². The average molecular weight is 301 g/mol. The Kier molecular flexibility index (Phi) is 3.81. The quantitative estimate of drug-likeness (QED) is 0.893. The summed E-state index contributed by atoms with van der Waals surface area (Å²) in [5, 5.41) is 6.43. The zero-order valence-electron chi connectivity index (χ0n) is 13.4. The van der Waals surface area contributed by atoms with Crippen LogP contribution in [0.4, 0.5) is 11.4 Å². The molecule has 22 heavy (non-hydrogen) atoms. The molecule has 0 aromatic carbocycles. The van der Waals surface area contributed by atoms with Crippen molar-refractivity contribution < 1.29 is 9.21 Å². The molecular weight excluding hydrogens is 278 g/mol. The van der Waals surface area contributed by atoms with Crippen molar-refractivity contribution >= 4 is 28.4 Å². The molecular formula is C17H23N3O2. The normalized spacial score (nSPS) is 20.8. The largest absolute Gasteiger partial charge is 0.460 e. The minimum atomic E-state index is -0.111. The number of furan rings is 1. The molecule has 1 unspecified atom stereocenters. The molecule has 3 rings (SSSR count). The molecule has 5 heteroatoms. The van der Waals surface area contributed by atoms with E-state index in [9.17, 15) is 4.79 Å². The number of aromatic nitrogens is 1. The van der Waals surface area contributed by atoms with Crippen LogP contribution in [0, 0.1) is 5.41 Å². The lowest BCUT2D eigenvalue weighted by Crippen LogP contribution is -2.32. The Morgan fingerprint density at radius 3 is 3.00 bits per heavy atom. The monoisotopic (exact) mass is 301 g/mol. The lowest BCUT2D eigenvalue weighted by Gasteiger charge is -2.36. The van der Waals surface area contributed by atoms with E-state index in [2.05, 4.69) is 29.5 Å². The van der Waals surface area contributed by atoms with Gasteiger partial charge in [-0.15, -0.1) is 0 Å². The van der Waals surface area contributed by atoms with Crippen molar-refractivity contribution in [1.82, 2.24) is 4.98 Å². The summed E-state index contributed by atoms with van der Waals surface area (Å²) in [7, 11) is 0. The van der Waals surface area contributed by atoms with Gasteiger partial charge in [0.1, 0.15) is 11.2 Å². The summed E-state index contributed by atoms with van der Waals surface area (Å²) < 4.78 is 5.59. The third kappa shape index (κ3) is 3.08. The van der Waals surface area contributed by atoms with E-state index >= 15 is 0 Å². The molecule has 0 bridgehead atoms. The van der Waals surface area contributed by atoms with E-state index in [0.717, 1.165) is 24.0 Å². The van der Waals surface area contributed by atoms with E-state index in [0.29, 0.717) is 22.7 Å². The average Bonchev–Trinajstić information content (AvgIpc) is 2.88. The molecule has 1 fully saturated rings. The van der Waals surface area contributed by atoms with Gasteiger partial charge >= 0.3 is 0 Å². The van der Waals surface area contributed by atoms with Crippen molar-refractivity contribution in [2.75, 3.05) is 10.6 Å². The van der Waals surface area contributed by atoms with Gasteiger partial charge in [0, 0.05) is 19.0 Å². The summed E-state index contributed by atoms with van der Waals surface area (Å²) in [6, 6.07) is 2.22. The number of nitrogens with one attached hydrogen (secondary N) is 2. The van der Waals surface area contributed by atoms with Gasteiger partial charge in [0.25, 0.3) is 0 Å². The number of hydrogen-bond donors (Lipinski definition) is 2. The number of rotatable bonds is 3. The zero-order valence-corrected chi connectivity index (χ0v) is 13.4. The fraction of sp³-hybridized carbons (Fsp3) is 0.529. The first-order valence-electron chi connectivity index (χ1n) is 7.85. The number of hydrogen-bond acceptors (Lipinski definition) is 4. The summed E-state index contributed by atoms with van der Waals surface area (Å²) in [5.74, 6) is -0.111. The number of amides is 1. The summed E-state index contributed by atoms with van der Waals surface area (Å²) in [6.45, 7) is 6.12. The van der Waals surface area contributed by atoms with Crippen molar-refractivity contribution in [3.8, 4) is 0 Å². The number of carbonyl (C=O) groups excluding carboxylic acids is 1. The molecule has 1 atom stereocenters. The Hall–Kier alpha value is -2.04. The number of pyridine rings is 1. The predicted molar refractivity (Wildman–Crippen MR) is 88.0 cm³/mol. The number of anilines is 2. The minimum Gasteiger partial charge on any atom is -0.460 e. The Labute approximate surface area is 130 Å². The molecule has 1 aliphatic rings. The van der Waals surface area contributed by atoms with E-state index in [-0.39, 0.29) is 5.91 Å². The maximum Gasteiger partial charge on any atom is 0.221 e. The number of carbonyl (C=O) groups is 1. The van der Waals surface area contributed by atoms with Gasteiger partial charge < -0.3 is 15.1 Å². The molecule has 5 nitrogen and oxygen atoms in total. The highest BCUT2D eigenvalue weighted by Crippen LogP contribution is 2.38. The van der Waals surface area contributed by atoms with Crippen molar-refractivity contribution in [2.45, 2.75) is 52.5 Å². The van der Waals surface area contributed by atoms with Gasteiger partial charge in [0.2, 0.25) is 5.91 Å². The molecule has 1 aliphatic carbocycles. The molecule has 118 valence electrons. The summed E-state index contributed by atoms with van der Waals surface area (Å²) >= 11 is 0. The Balaban J connectivity index is 1.93. The first kappa shape index (κ1) is 14.9. The topological polar surface area (TPSA) is 67.2 Å². The second-order valence-corrected chi connectivity index (χ2v) is 6.96. The maximum atomic E-state index is 11.4. The molecule has 0 saturated heterocycles. The minimum absolute atomic E-state index is 0.111. The summed E-state index contributed by atoms with van der Waals surface area (Å²) in [5.41, 5.74) is 3.37. The second-order valence-electron chi connectivity index (χ2n) is 6.96. The highest BCUT2D eigenvalue weighted by Gasteiger charge is 2.29. The molecule has 1 amide bonds. The third-order valence-electron chi connectivity index (χ3n) is 4.34. The molecule has 2 aromatic rings. The van der Waals surface area contributed by atoms with Crippen LogP contribution in [0.15, 0.2) is 22.9 Å². The zero-order chi connectivity index (χ0) is 15.7. The number of nitrogens with zero attached hydrogens (tertiary/aromatic N) is 1. The van der Waals surface area contributed by atoms with Crippen LogP contribution in [0.2, 0.25) is 0 Å². The molecule has 0 aliphatic heterocycles. The van der Waals surface area contributed by atoms with Gasteiger partial charge in [-0.3, -0.25) is 9.78 Å². The lowest BCUT2D eigenvalue weighted by molar-refractivity contribution is -0.114. The maximum absolute atomic E-state index is 11.4. The van der Waals surface area contributed by atoms with Crippen LogP contribution in [0.5, 0.6) is 0 Å².